The van der Waals surface area contributed by atoms with Crippen LogP contribution in [0.4, 0.5) is 0 Å². The first-order valence-electron chi connectivity index (χ1n) is 6.60. The monoisotopic (exact) mass is 208 g/mol. The minimum Gasteiger partial charge on any atom is -0.360 e. The van der Waals surface area contributed by atoms with Gasteiger partial charge in [0.15, 0.2) is 0 Å². The second-order valence-electron chi connectivity index (χ2n) is 5.27. The molecule has 2 aliphatic rings. The van der Waals surface area contributed by atoms with E-state index in [4.69, 9.17) is 5.41 Å². The predicted molar refractivity (Wildman–Crippen MR) is 64.3 cm³/mol. The molecule has 0 spiro atoms. The summed E-state index contributed by atoms with van der Waals surface area (Å²) in [5, 5.41) is 8.25. The first-order chi connectivity index (χ1) is 7.29. The smallest absolute Gasteiger partial charge is 0.0989 e. The molecular formula is C13H24N2. The standard InChI is InChI=1S/C13H24N2/c1-15(12-9-3-2-4-10-12)13(14)11-7-5-6-8-11/h11-12,14H,2-10H2,1H3. The third-order valence-electron chi connectivity index (χ3n) is 4.24. The predicted octanol–water partition coefficient (Wildman–Crippen LogP) is 3.42. The average molecular weight is 208 g/mol. The topological polar surface area (TPSA) is 27.1 Å². The van der Waals surface area contributed by atoms with E-state index in [9.17, 15) is 0 Å². The van der Waals surface area contributed by atoms with Crippen LogP contribution in [0.1, 0.15) is 57.8 Å². The molecule has 0 amide bonds. The number of rotatable bonds is 2. The van der Waals surface area contributed by atoms with Crippen molar-refractivity contribution >= 4 is 5.84 Å². The molecular weight excluding hydrogens is 184 g/mol. The largest absolute Gasteiger partial charge is 0.360 e. The molecule has 2 heteroatoms. The number of nitrogens with one attached hydrogen (secondary N) is 1. The summed E-state index contributed by atoms with van der Waals surface area (Å²) >= 11 is 0. The molecule has 2 fully saturated rings. The Kier molecular flexibility index (Phi) is 3.66. The van der Waals surface area contributed by atoms with Gasteiger partial charge in [-0.2, -0.15) is 0 Å². The van der Waals surface area contributed by atoms with Gasteiger partial charge in [0.2, 0.25) is 0 Å². The van der Waals surface area contributed by atoms with Gasteiger partial charge in [0.25, 0.3) is 0 Å². The minimum atomic E-state index is 0.580. The highest BCUT2D eigenvalue weighted by molar-refractivity contribution is 5.81. The van der Waals surface area contributed by atoms with Crippen molar-refractivity contribution in [2.24, 2.45) is 5.92 Å². The van der Waals surface area contributed by atoms with Gasteiger partial charge in [-0.05, 0) is 25.7 Å². The molecule has 0 bridgehead atoms. The van der Waals surface area contributed by atoms with Crippen LogP contribution < -0.4 is 0 Å². The molecule has 0 radical (unpaired) electrons. The molecule has 0 heterocycles. The van der Waals surface area contributed by atoms with Gasteiger partial charge in [-0.25, -0.2) is 0 Å². The average Bonchev–Trinajstić information content (AvgIpc) is 2.82. The van der Waals surface area contributed by atoms with Crippen molar-refractivity contribution < 1.29 is 0 Å². The van der Waals surface area contributed by atoms with Gasteiger partial charge in [0.05, 0.1) is 5.84 Å². The molecule has 2 nitrogen and oxygen atoms in total. The van der Waals surface area contributed by atoms with Gasteiger partial charge < -0.3 is 4.90 Å². The molecule has 2 aliphatic carbocycles. The maximum absolute atomic E-state index is 8.25. The SMILES string of the molecule is CN(C(=N)C1CCCC1)C1CCCCC1. The molecule has 15 heavy (non-hydrogen) atoms. The molecule has 2 saturated carbocycles. The molecule has 0 saturated heterocycles. The Bertz CT molecular complexity index is 213. The molecule has 0 atom stereocenters. The van der Waals surface area contributed by atoms with E-state index in [2.05, 4.69) is 11.9 Å². The Morgan fingerprint density at radius 3 is 2.07 bits per heavy atom. The fraction of sp³-hybridized carbons (Fsp3) is 0.923. The summed E-state index contributed by atoms with van der Waals surface area (Å²) in [5.74, 6) is 1.51. The van der Waals surface area contributed by atoms with E-state index in [1.54, 1.807) is 0 Å². The van der Waals surface area contributed by atoms with Crippen LogP contribution in [0.5, 0.6) is 0 Å². The van der Waals surface area contributed by atoms with Crippen molar-refractivity contribution in [1.82, 2.24) is 4.90 Å². The van der Waals surface area contributed by atoms with Crippen molar-refractivity contribution in [3.05, 3.63) is 0 Å². The van der Waals surface area contributed by atoms with Gasteiger partial charge >= 0.3 is 0 Å². The van der Waals surface area contributed by atoms with Crippen LogP contribution >= 0.6 is 0 Å². The van der Waals surface area contributed by atoms with Gasteiger partial charge in [0, 0.05) is 19.0 Å². The van der Waals surface area contributed by atoms with E-state index >= 15 is 0 Å². The molecule has 0 aliphatic heterocycles. The normalized spacial score (nSPS) is 24.3. The third kappa shape index (κ3) is 2.53. The van der Waals surface area contributed by atoms with Crippen molar-refractivity contribution in [3.8, 4) is 0 Å². The number of amidine groups is 1. The van der Waals surface area contributed by atoms with Crippen molar-refractivity contribution in [2.45, 2.75) is 63.8 Å². The van der Waals surface area contributed by atoms with Gasteiger partial charge in [-0.15, -0.1) is 0 Å². The van der Waals surface area contributed by atoms with E-state index < -0.39 is 0 Å². The Labute approximate surface area is 93.6 Å². The van der Waals surface area contributed by atoms with Gasteiger partial charge in [-0.3, -0.25) is 5.41 Å². The summed E-state index contributed by atoms with van der Waals surface area (Å²) < 4.78 is 0. The van der Waals surface area contributed by atoms with Crippen molar-refractivity contribution in [3.63, 3.8) is 0 Å². The molecule has 1 N–H and O–H groups in total. The lowest BCUT2D eigenvalue weighted by molar-refractivity contribution is 0.267. The highest BCUT2D eigenvalue weighted by atomic mass is 15.2. The lowest BCUT2D eigenvalue weighted by Gasteiger charge is -2.35. The Morgan fingerprint density at radius 1 is 0.933 bits per heavy atom. The summed E-state index contributed by atoms with van der Waals surface area (Å²) in [5.41, 5.74) is 0. The molecule has 0 aromatic rings. The zero-order valence-electron chi connectivity index (χ0n) is 9.97. The van der Waals surface area contributed by atoms with Gasteiger partial charge in [0.1, 0.15) is 0 Å². The number of nitrogens with zero attached hydrogens (tertiary/aromatic N) is 1. The summed E-state index contributed by atoms with van der Waals surface area (Å²) in [4.78, 5) is 2.29. The van der Waals surface area contributed by atoms with Crippen LogP contribution in [0, 0.1) is 11.3 Å². The van der Waals surface area contributed by atoms with E-state index in [1.165, 1.54) is 57.8 Å². The summed E-state index contributed by atoms with van der Waals surface area (Å²) in [6.07, 6.45) is 12.0. The Morgan fingerprint density at radius 2 is 1.47 bits per heavy atom. The van der Waals surface area contributed by atoms with E-state index in [-0.39, 0.29) is 0 Å². The van der Waals surface area contributed by atoms with Crippen LogP contribution in [-0.2, 0) is 0 Å². The maximum atomic E-state index is 8.25. The molecule has 2 rings (SSSR count). The molecule has 0 aromatic heterocycles. The minimum absolute atomic E-state index is 0.580. The summed E-state index contributed by atoms with van der Waals surface area (Å²) in [6, 6.07) is 0.673. The highest BCUT2D eigenvalue weighted by Gasteiger charge is 2.26. The van der Waals surface area contributed by atoms with E-state index in [1.807, 2.05) is 0 Å². The summed E-state index contributed by atoms with van der Waals surface area (Å²) in [6.45, 7) is 0. The lowest BCUT2D eigenvalue weighted by Crippen LogP contribution is -2.40. The van der Waals surface area contributed by atoms with Crippen LogP contribution in [0.15, 0.2) is 0 Å². The zero-order chi connectivity index (χ0) is 10.7. The van der Waals surface area contributed by atoms with Crippen LogP contribution in [0.25, 0.3) is 0 Å². The van der Waals surface area contributed by atoms with Crippen LogP contribution in [0.2, 0.25) is 0 Å². The number of hydrogen-bond acceptors (Lipinski definition) is 1. The fourth-order valence-electron chi connectivity index (χ4n) is 3.15. The van der Waals surface area contributed by atoms with Crippen molar-refractivity contribution in [1.29, 1.82) is 5.41 Å². The Hall–Kier alpha value is -0.530. The quantitative estimate of drug-likeness (QED) is 0.546. The van der Waals surface area contributed by atoms with Gasteiger partial charge in [-0.1, -0.05) is 32.1 Å². The zero-order valence-corrected chi connectivity index (χ0v) is 9.97. The fourth-order valence-corrected chi connectivity index (χ4v) is 3.15. The maximum Gasteiger partial charge on any atom is 0.0989 e. The molecule has 86 valence electrons. The number of hydrogen-bond donors (Lipinski definition) is 1. The van der Waals surface area contributed by atoms with E-state index in [0.29, 0.717) is 12.0 Å². The highest BCUT2D eigenvalue weighted by Crippen LogP contribution is 2.29. The third-order valence-corrected chi connectivity index (χ3v) is 4.24. The summed E-state index contributed by atoms with van der Waals surface area (Å²) in [7, 11) is 2.15. The second-order valence-corrected chi connectivity index (χ2v) is 5.27. The first-order valence-corrected chi connectivity index (χ1v) is 6.60. The van der Waals surface area contributed by atoms with E-state index in [0.717, 1.165) is 5.84 Å². The second kappa shape index (κ2) is 5.00. The van der Waals surface area contributed by atoms with Crippen LogP contribution in [0.3, 0.4) is 0 Å². The Balaban J connectivity index is 1.87. The molecule has 0 unspecified atom stereocenters. The first kappa shape index (κ1) is 11.0. The van der Waals surface area contributed by atoms with Crippen molar-refractivity contribution in [2.75, 3.05) is 7.05 Å². The molecule has 0 aromatic carbocycles. The lowest BCUT2D eigenvalue weighted by atomic mass is 9.93. The van der Waals surface area contributed by atoms with Crippen LogP contribution in [-0.4, -0.2) is 23.8 Å².